The number of hydrogen-bond acceptors (Lipinski definition) is 2. The van der Waals surface area contributed by atoms with E-state index in [4.69, 9.17) is 9.47 Å². The van der Waals surface area contributed by atoms with Gasteiger partial charge in [0.15, 0.2) is 0 Å². The third-order valence-electron chi connectivity index (χ3n) is 5.90. The molecule has 2 aliphatic rings. The molecule has 0 radical (unpaired) electrons. The number of ether oxygens (including phenoxy) is 2. The summed E-state index contributed by atoms with van der Waals surface area (Å²) in [6.07, 6.45) is 15.9. The molecule has 0 amide bonds. The average molecular weight is 311 g/mol. The zero-order valence-corrected chi connectivity index (χ0v) is 15.0. The highest BCUT2D eigenvalue weighted by Crippen LogP contribution is 2.41. The van der Waals surface area contributed by atoms with E-state index >= 15 is 0 Å². The molecule has 2 heteroatoms. The zero-order valence-electron chi connectivity index (χ0n) is 15.0. The van der Waals surface area contributed by atoms with Crippen LogP contribution in [-0.2, 0) is 9.47 Å². The monoisotopic (exact) mass is 310 g/mol. The second-order valence-electron chi connectivity index (χ2n) is 7.59. The van der Waals surface area contributed by atoms with E-state index in [1.165, 1.54) is 64.2 Å². The Kier molecular flexibility index (Phi) is 8.84. The Labute approximate surface area is 138 Å². The first kappa shape index (κ1) is 18.3. The Morgan fingerprint density at radius 2 is 1.32 bits per heavy atom. The molecular formula is C20H38O2. The lowest BCUT2D eigenvalue weighted by Gasteiger charge is -2.37. The van der Waals surface area contributed by atoms with Gasteiger partial charge >= 0.3 is 0 Å². The van der Waals surface area contributed by atoms with Gasteiger partial charge in [0.25, 0.3) is 0 Å². The third-order valence-corrected chi connectivity index (χ3v) is 5.90. The lowest BCUT2D eigenvalue weighted by Crippen LogP contribution is -2.29. The molecule has 0 saturated heterocycles. The smallest absolute Gasteiger partial charge is 0.0704 e. The second kappa shape index (κ2) is 10.6. The van der Waals surface area contributed by atoms with Gasteiger partial charge in [0.1, 0.15) is 0 Å². The molecule has 0 aromatic heterocycles. The summed E-state index contributed by atoms with van der Waals surface area (Å²) in [5.41, 5.74) is 0. The SMILES string of the molecule is CCCOCCOC1CCC([C@H]2CC[C@H](CCC)CC2)CC1. The second-order valence-corrected chi connectivity index (χ2v) is 7.59. The van der Waals surface area contributed by atoms with E-state index in [9.17, 15) is 0 Å². The summed E-state index contributed by atoms with van der Waals surface area (Å²) in [7, 11) is 0. The molecule has 0 heterocycles. The van der Waals surface area contributed by atoms with Gasteiger partial charge in [-0.3, -0.25) is 0 Å². The molecule has 0 unspecified atom stereocenters. The maximum absolute atomic E-state index is 5.99. The lowest BCUT2D eigenvalue weighted by molar-refractivity contribution is -0.0223. The standard InChI is InChI=1S/C20H38O2/c1-3-5-17-6-8-18(9-7-17)19-10-12-20(13-11-19)22-16-15-21-14-4-2/h17-20H,3-16H2,1-2H3/t17-,18-,19?,20?. The zero-order chi connectivity index (χ0) is 15.6. The lowest BCUT2D eigenvalue weighted by atomic mass is 9.70. The minimum atomic E-state index is 0.512. The van der Waals surface area contributed by atoms with E-state index in [1.54, 1.807) is 0 Å². The van der Waals surface area contributed by atoms with Gasteiger partial charge in [-0.2, -0.15) is 0 Å². The highest BCUT2D eigenvalue weighted by Gasteiger charge is 2.30. The fourth-order valence-corrected chi connectivity index (χ4v) is 4.60. The van der Waals surface area contributed by atoms with Crippen LogP contribution in [0.2, 0.25) is 0 Å². The molecule has 0 N–H and O–H groups in total. The topological polar surface area (TPSA) is 18.5 Å². The van der Waals surface area contributed by atoms with E-state index < -0.39 is 0 Å². The van der Waals surface area contributed by atoms with Gasteiger partial charge in [-0.25, -0.2) is 0 Å². The van der Waals surface area contributed by atoms with E-state index in [2.05, 4.69) is 13.8 Å². The molecule has 2 nitrogen and oxygen atoms in total. The van der Waals surface area contributed by atoms with Crippen molar-refractivity contribution in [2.75, 3.05) is 19.8 Å². The molecule has 0 bridgehead atoms. The number of hydrogen-bond donors (Lipinski definition) is 0. The summed E-state index contributed by atoms with van der Waals surface area (Å²) in [6.45, 7) is 6.92. The van der Waals surface area contributed by atoms with Crippen LogP contribution in [0.25, 0.3) is 0 Å². The highest BCUT2D eigenvalue weighted by molar-refractivity contribution is 4.82. The molecule has 0 spiro atoms. The molecule has 2 aliphatic carbocycles. The van der Waals surface area contributed by atoms with E-state index in [-0.39, 0.29) is 0 Å². The highest BCUT2D eigenvalue weighted by atomic mass is 16.5. The van der Waals surface area contributed by atoms with Crippen molar-refractivity contribution in [1.29, 1.82) is 0 Å². The Morgan fingerprint density at radius 1 is 0.682 bits per heavy atom. The number of rotatable bonds is 9. The van der Waals surface area contributed by atoms with Gasteiger partial charge in [-0.15, -0.1) is 0 Å². The summed E-state index contributed by atoms with van der Waals surface area (Å²) in [6, 6.07) is 0. The van der Waals surface area contributed by atoms with Crippen molar-refractivity contribution < 1.29 is 9.47 Å². The van der Waals surface area contributed by atoms with Crippen LogP contribution in [0.5, 0.6) is 0 Å². The van der Waals surface area contributed by atoms with Crippen molar-refractivity contribution in [2.24, 2.45) is 17.8 Å². The van der Waals surface area contributed by atoms with Crippen molar-refractivity contribution in [2.45, 2.75) is 90.6 Å². The van der Waals surface area contributed by atoms with Crippen LogP contribution in [0, 0.1) is 17.8 Å². The normalized spacial score (nSPS) is 33.0. The van der Waals surface area contributed by atoms with Crippen molar-refractivity contribution in [1.82, 2.24) is 0 Å². The molecule has 2 fully saturated rings. The summed E-state index contributed by atoms with van der Waals surface area (Å²) in [4.78, 5) is 0. The summed E-state index contributed by atoms with van der Waals surface area (Å²) < 4.78 is 11.5. The average Bonchev–Trinajstić information content (AvgIpc) is 2.56. The summed E-state index contributed by atoms with van der Waals surface area (Å²) >= 11 is 0. The Morgan fingerprint density at radius 3 is 1.91 bits per heavy atom. The maximum Gasteiger partial charge on any atom is 0.0704 e. The molecule has 22 heavy (non-hydrogen) atoms. The predicted octanol–water partition coefficient (Wildman–Crippen LogP) is 5.59. The molecule has 0 aromatic rings. The summed E-state index contributed by atoms with van der Waals surface area (Å²) in [5.74, 6) is 3.07. The van der Waals surface area contributed by atoms with Gasteiger partial charge in [-0.1, -0.05) is 39.5 Å². The first-order chi connectivity index (χ1) is 10.8. The molecule has 2 saturated carbocycles. The molecule has 0 atom stereocenters. The maximum atomic E-state index is 5.99. The van der Waals surface area contributed by atoms with E-state index in [1.807, 2.05) is 0 Å². The quantitative estimate of drug-likeness (QED) is 0.516. The Balaban J connectivity index is 1.55. The Bertz CT molecular complexity index is 263. The van der Waals surface area contributed by atoms with Crippen LogP contribution in [0.1, 0.15) is 84.5 Å². The fourth-order valence-electron chi connectivity index (χ4n) is 4.60. The predicted molar refractivity (Wildman–Crippen MR) is 93.2 cm³/mol. The van der Waals surface area contributed by atoms with Gasteiger partial charge < -0.3 is 9.47 Å². The van der Waals surface area contributed by atoms with Crippen LogP contribution in [0.4, 0.5) is 0 Å². The summed E-state index contributed by atoms with van der Waals surface area (Å²) in [5, 5.41) is 0. The van der Waals surface area contributed by atoms with Gasteiger partial charge in [0, 0.05) is 6.61 Å². The fraction of sp³-hybridized carbons (Fsp3) is 1.00. The van der Waals surface area contributed by atoms with Crippen molar-refractivity contribution in [3.05, 3.63) is 0 Å². The first-order valence-electron chi connectivity index (χ1n) is 10.0. The molecular weight excluding hydrogens is 272 g/mol. The largest absolute Gasteiger partial charge is 0.379 e. The van der Waals surface area contributed by atoms with E-state index in [0.717, 1.165) is 44.0 Å². The molecule has 130 valence electrons. The minimum absolute atomic E-state index is 0.512. The minimum Gasteiger partial charge on any atom is -0.379 e. The van der Waals surface area contributed by atoms with Gasteiger partial charge in [0.05, 0.1) is 19.3 Å². The van der Waals surface area contributed by atoms with Crippen LogP contribution < -0.4 is 0 Å². The first-order valence-corrected chi connectivity index (χ1v) is 10.0. The van der Waals surface area contributed by atoms with Crippen molar-refractivity contribution in [3.8, 4) is 0 Å². The van der Waals surface area contributed by atoms with Crippen molar-refractivity contribution in [3.63, 3.8) is 0 Å². The Hall–Kier alpha value is -0.0800. The van der Waals surface area contributed by atoms with Crippen LogP contribution in [-0.4, -0.2) is 25.9 Å². The van der Waals surface area contributed by atoms with Crippen LogP contribution in [0.15, 0.2) is 0 Å². The van der Waals surface area contributed by atoms with E-state index in [0.29, 0.717) is 6.10 Å². The third kappa shape index (κ3) is 6.20. The van der Waals surface area contributed by atoms with Gasteiger partial charge in [-0.05, 0) is 62.7 Å². The van der Waals surface area contributed by atoms with Crippen LogP contribution in [0.3, 0.4) is 0 Å². The molecule has 0 aromatic carbocycles. The van der Waals surface area contributed by atoms with Crippen LogP contribution >= 0.6 is 0 Å². The van der Waals surface area contributed by atoms with Crippen molar-refractivity contribution >= 4 is 0 Å². The van der Waals surface area contributed by atoms with Gasteiger partial charge in [0.2, 0.25) is 0 Å². The molecule has 2 rings (SSSR count). The molecule has 0 aliphatic heterocycles.